The number of hydrogen-bond acceptors (Lipinski definition) is 4. The van der Waals surface area contributed by atoms with Crippen molar-refractivity contribution in [3.05, 3.63) is 15.3 Å². The Bertz CT molecular complexity index is 546. The maximum atomic E-state index is 12.0. The van der Waals surface area contributed by atoms with Gasteiger partial charge < -0.3 is 4.74 Å². The molecule has 0 saturated carbocycles. The molecule has 0 radical (unpaired) electrons. The van der Waals surface area contributed by atoms with Gasteiger partial charge in [-0.2, -0.15) is 0 Å². The van der Waals surface area contributed by atoms with Gasteiger partial charge in [-0.05, 0) is 29.5 Å². The molecule has 0 saturated heterocycles. The molecule has 10 heteroatoms. The van der Waals surface area contributed by atoms with Crippen LogP contribution in [-0.4, -0.2) is 19.8 Å². The zero-order valence-electron chi connectivity index (χ0n) is 8.05. The molecule has 1 aromatic rings. The summed E-state index contributed by atoms with van der Waals surface area (Å²) in [5, 5.41) is 0. The second kappa shape index (κ2) is 4.76. The highest BCUT2D eigenvalue weighted by Crippen LogP contribution is 2.31. The first-order valence-corrected chi connectivity index (χ1v) is 7.26. The van der Waals surface area contributed by atoms with Gasteiger partial charge in [0.05, 0.1) is 6.20 Å². The molecule has 1 heterocycles. The van der Waals surface area contributed by atoms with Gasteiger partial charge in [0.1, 0.15) is 4.90 Å². The minimum absolute atomic E-state index is 0.0341. The van der Waals surface area contributed by atoms with Crippen molar-refractivity contribution in [2.75, 3.05) is 0 Å². The largest absolute Gasteiger partial charge is 0.574 e. The van der Waals surface area contributed by atoms with E-state index in [1.807, 2.05) is 0 Å². The van der Waals surface area contributed by atoms with Crippen LogP contribution in [0.4, 0.5) is 13.2 Å². The molecule has 17 heavy (non-hydrogen) atoms. The summed E-state index contributed by atoms with van der Waals surface area (Å²) in [5.41, 5.74) is -0.0512. The maximum Gasteiger partial charge on any atom is 0.574 e. The first kappa shape index (κ1) is 14.8. The van der Waals surface area contributed by atoms with E-state index in [2.05, 4.69) is 9.72 Å². The predicted octanol–water partition coefficient (Wildman–Crippen LogP) is 2.82. The molecule has 0 unspecified atom stereocenters. The number of halogens is 5. The number of rotatable bonds is 2. The smallest absolute Gasteiger partial charge is 0.388 e. The van der Waals surface area contributed by atoms with Crippen LogP contribution in [0.2, 0.25) is 0 Å². The summed E-state index contributed by atoms with van der Waals surface area (Å²) in [4.78, 5) is 2.93. The average Bonchev–Trinajstić information content (AvgIpc) is 2.08. The zero-order chi connectivity index (χ0) is 13.4. The molecule has 0 N–H and O–H groups in total. The summed E-state index contributed by atoms with van der Waals surface area (Å²) >= 11 is 1.56. The molecule has 0 fully saturated rings. The van der Waals surface area contributed by atoms with E-state index >= 15 is 0 Å². The Kier molecular flexibility index (Phi) is 4.14. The molecule has 0 aromatic carbocycles. The van der Waals surface area contributed by atoms with E-state index in [4.69, 9.17) is 10.7 Å². The van der Waals surface area contributed by atoms with Gasteiger partial charge in [0.2, 0.25) is 5.88 Å². The SMILES string of the molecule is Cc1c(OC(F)(F)F)ncc(S(=O)(=O)Cl)c1I. The average molecular weight is 402 g/mol. The number of alkyl halides is 3. The van der Waals surface area contributed by atoms with Crippen LogP contribution < -0.4 is 4.74 Å². The molecular formula is C7H4ClF3INO3S. The van der Waals surface area contributed by atoms with Crippen LogP contribution in [-0.2, 0) is 9.05 Å². The zero-order valence-corrected chi connectivity index (χ0v) is 11.8. The second-order valence-corrected chi connectivity index (χ2v) is 6.47. The van der Waals surface area contributed by atoms with Crippen molar-refractivity contribution in [1.29, 1.82) is 0 Å². The lowest BCUT2D eigenvalue weighted by molar-refractivity contribution is -0.276. The minimum atomic E-state index is -4.89. The topological polar surface area (TPSA) is 56.3 Å². The molecule has 1 aromatic heterocycles. The molecule has 0 aliphatic rings. The highest BCUT2D eigenvalue weighted by atomic mass is 127. The van der Waals surface area contributed by atoms with E-state index in [-0.39, 0.29) is 14.0 Å². The van der Waals surface area contributed by atoms with Crippen molar-refractivity contribution in [3.8, 4) is 5.88 Å². The van der Waals surface area contributed by atoms with Gasteiger partial charge in [-0.1, -0.05) is 0 Å². The van der Waals surface area contributed by atoms with Crippen molar-refractivity contribution in [1.82, 2.24) is 4.98 Å². The summed E-state index contributed by atoms with van der Waals surface area (Å²) in [7, 11) is 1.03. The molecule has 0 aliphatic carbocycles. The Hall–Kier alpha value is -0.290. The molecular weight excluding hydrogens is 397 g/mol. The summed E-state index contributed by atoms with van der Waals surface area (Å²) in [6, 6.07) is 0. The van der Waals surface area contributed by atoms with Gasteiger partial charge >= 0.3 is 6.36 Å². The van der Waals surface area contributed by atoms with Crippen LogP contribution in [0.3, 0.4) is 0 Å². The molecule has 0 bridgehead atoms. The van der Waals surface area contributed by atoms with Gasteiger partial charge in [0.15, 0.2) is 0 Å². The lowest BCUT2D eigenvalue weighted by Gasteiger charge is -2.12. The number of hydrogen-bond donors (Lipinski definition) is 0. The van der Waals surface area contributed by atoms with Crippen molar-refractivity contribution < 1.29 is 26.3 Å². The predicted molar refractivity (Wildman–Crippen MR) is 61.4 cm³/mol. The third kappa shape index (κ3) is 3.85. The molecule has 0 spiro atoms. The highest BCUT2D eigenvalue weighted by molar-refractivity contribution is 14.1. The van der Waals surface area contributed by atoms with Gasteiger partial charge in [-0.25, -0.2) is 13.4 Å². The Morgan fingerprint density at radius 3 is 2.41 bits per heavy atom. The number of aromatic nitrogens is 1. The van der Waals surface area contributed by atoms with E-state index in [1.54, 1.807) is 22.6 Å². The maximum absolute atomic E-state index is 12.0. The monoisotopic (exact) mass is 401 g/mol. The van der Waals surface area contributed by atoms with Crippen molar-refractivity contribution in [2.24, 2.45) is 0 Å². The van der Waals surface area contributed by atoms with Gasteiger partial charge in [-0.3, -0.25) is 0 Å². The first-order chi connectivity index (χ1) is 7.52. The van der Waals surface area contributed by atoms with Crippen LogP contribution in [0.25, 0.3) is 0 Å². The Morgan fingerprint density at radius 2 is 2.00 bits per heavy atom. The van der Waals surface area contributed by atoms with Crippen LogP contribution in [0.1, 0.15) is 5.56 Å². The minimum Gasteiger partial charge on any atom is -0.388 e. The van der Waals surface area contributed by atoms with Crippen LogP contribution in [0.15, 0.2) is 11.1 Å². The number of pyridine rings is 1. The van der Waals surface area contributed by atoms with Crippen molar-refractivity contribution in [2.45, 2.75) is 18.2 Å². The molecule has 0 amide bonds. The molecule has 0 atom stereocenters. The lowest BCUT2D eigenvalue weighted by Crippen LogP contribution is -2.19. The Morgan fingerprint density at radius 1 is 1.47 bits per heavy atom. The number of ether oxygens (including phenoxy) is 1. The van der Waals surface area contributed by atoms with Gasteiger partial charge in [0.25, 0.3) is 9.05 Å². The fourth-order valence-corrected chi connectivity index (χ4v) is 3.46. The van der Waals surface area contributed by atoms with Crippen molar-refractivity contribution in [3.63, 3.8) is 0 Å². The fraction of sp³-hybridized carbons (Fsp3) is 0.286. The van der Waals surface area contributed by atoms with Crippen LogP contribution >= 0.6 is 33.3 Å². The molecule has 4 nitrogen and oxygen atoms in total. The lowest BCUT2D eigenvalue weighted by atomic mass is 10.3. The van der Waals surface area contributed by atoms with Gasteiger partial charge in [0, 0.05) is 19.8 Å². The first-order valence-electron chi connectivity index (χ1n) is 3.88. The summed E-state index contributed by atoms with van der Waals surface area (Å²) in [6.07, 6.45) is -4.17. The summed E-state index contributed by atoms with van der Waals surface area (Å²) in [5.74, 6) is -0.703. The van der Waals surface area contributed by atoms with Crippen molar-refractivity contribution >= 4 is 42.3 Å². The fourth-order valence-electron chi connectivity index (χ4n) is 0.932. The third-order valence-corrected chi connectivity index (χ3v) is 4.73. The normalized spacial score (nSPS) is 12.6. The van der Waals surface area contributed by atoms with Gasteiger partial charge in [-0.15, -0.1) is 13.2 Å². The summed E-state index contributed by atoms with van der Waals surface area (Å²) in [6.45, 7) is 1.25. The standard InChI is InChI=1S/C7H4ClF3INO3S/c1-3-5(12)4(17(8,14)15)2-13-6(3)16-7(9,10)11/h2H,1H3. The quantitative estimate of drug-likeness (QED) is 0.565. The van der Waals surface area contributed by atoms with Crippen LogP contribution in [0.5, 0.6) is 5.88 Å². The molecule has 1 rings (SSSR count). The van der Waals surface area contributed by atoms with E-state index in [0.717, 1.165) is 6.20 Å². The Balaban J connectivity index is 3.30. The molecule has 96 valence electrons. The summed E-state index contributed by atoms with van der Waals surface area (Å²) < 4.78 is 61.7. The second-order valence-electron chi connectivity index (χ2n) is 2.85. The highest BCUT2D eigenvalue weighted by Gasteiger charge is 2.33. The third-order valence-electron chi connectivity index (χ3n) is 1.64. The molecule has 0 aliphatic heterocycles. The van der Waals surface area contributed by atoms with E-state index in [9.17, 15) is 21.6 Å². The number of nitrogens with zero attached hydrogens (tertiary/aromatic N) is 1. The Labute approximate surface area is 113 Å². The van der Waals surface area contributed by atoms with Crippen LogP contribution in [0, 0.1) is 10.5 Å². The van der Waals surface area contributed by atoms with E-state index in [0.29, 0.717) is 0 Å². The van der Waals surface area contributed by atoms with E-state index in [1.165, 1.54) is 6.92 Å². The van der Waals surface area contributed by atoms with E-state index < -0.39 is 21.3 Å².